The molecule has 0 saturated heterocycles. The van der Waals surface area contributed by atoms with Crippen LogP contribution in [0.2, 0.25) is 0 Å². The van der Waals surface area contributed by atoms with Gasteiger partial charge in [-0.1, -0.05) is 25.1 Å². The Balaban J connectivity index is 2.17. The van der Waals surface area contributed by atoms with Gasteiger partial charge in [0, 0.05) is 12.8 Å². The molecule has 1 aliphatic carbocycles. The van der Waals surface area contributed by atoms with Crippen LogP contribution in [0.1, 0.15) is 31.7 Å². The van der Waals surface area contributed by atoms with E-state index in [4.69, 9.17) is 4.74 Å². The molecule has 16 heavy (non-hydrogen) atoms. The van der Waals surface area contributed by atoms with Gasteiger partial charge in [0.2, 0.25) is 0 Å². The first-order valence-corrected chi connectivity index (χ1v) is 5.77. The molecule has 1 aromatic carbocycles. The molecule has 0 bridgehead atoms. The summed E-state index contributed by atoms with van der Waals surface area (Å²) in [6.45, 7) is 2.20. The first kappa shape index (κ1) is 11.2. The van der Waals surface area contributed by atoms with Gasteiger partial charge in [0.1, 0.15) is 11.5 Å². The standard InChI is InChI=1S/C14H18O2/c1-14(8-7-12(15)10-14)9-11-5-3-4-6-13(11)16-2/h3-6H,7-10H2,1-2H3. The molecule has 86 valence electrons. The average molecular weight is 218 g/mol. The van der Waals surface area contributed by atoms with Gasteiger partial charge in [0.15, 0.2) is 0 Å². The highest BCUT2D eigenvalue weighted by atomic mass is 16.5. The lowest BCUT2D eigenvalue weighted by Gasteiger charge is -2.23. The third-order valence-electron chi connectivity index (χ3n) is 3.44. The Morgan fingerprint density at radius 3 is 2.75 bits per heavy atom. The molecule has 0 radical (unpaired) electrons. The SMILES string of the molecule is COc1ccccc1CC1(C)CCC(=O)C1. The van der Waals surface area contributed by atoms with E-state index in [1.54, 1.807) is 7.11 Å². The number of methoxy groups -OCH3 is 1. The summed E-state index contributed by atoms with van der Waals surface area (Å²) in [4.78, 5) is 11.4. The van der Waals surface area contributed by atoms with Crippen molar-refractivity contribution in [3.05, 3.63) is 29.8 Å². The topological polar surface area (TPSA) is 26.3 Å². The van der Waals surface area contributed by atoms with Gasteiger partial charge in [-0.25, -0.2) is 0 Å². The van der Waals surface area contributed by atoms with Gasteiger partial charge >= 0.3 is 0 Å². The van der Waals surface area contributed by atoms with E-state index >= 15 is 0 Å². The minimum absolute atomic E-state index is 0.131. The van der Waals surface area contributed by atoms with Crippen LogP contribution in [0.4, 0.5) is 0 Å². The number of ketones is 1. The number of ether oxygens (including phenoxy) is 1. The summed E-state index contributed by atoms with van der Waals surface area (Å²) in [7, 11) is 1.70. The van der Waals surface area contributed by atoms with Crippen LogP contribution in [-0.4, -0.2) is 12.9 Å². The predicted molar refractivity (Wildman–Crippen MR) is 63.7 cm³/mol. The average Bonchev–Trinajstić information content (AvgIpc) is 2.59. The fraction of sp³-hybridized carbons (Fsp3) is 0.500. The molecule has 1 unspecified atom stereocenters. The Morgan fingerprint density at radius 1 is 1.38 bits per heavy atom. The highest BCUT2D eigenvalue weighted by molar-refractivity contribution is 5.81. The van der Waals surface area contributed by atoms with Gasteiger partial charge in [0.25, 0.3) is 0 Å². The van der Waals surface area contributed by atoms with Crippen LogP contribution in [0.15, 0.2) is 24.3 Å². The molecule has 1 aliphatic rings. The summed E-state index contributed by atoms with van der Waals surface area (Å²) in [5, 5.41) is 0. The zero-order chi connectivity index (χ0) is 11.6. The number of hydrogen-bond acceptors (Lipinski definition) is 2. The maximum absolute atomic E-state index is 11.4. The summed E-state index contributed by atoms with van der Waals surface area (Å²) in [6.07, 6.45) is 3.39. The third-order valence-corrected chi connectivity index (χ3v) is 3.44. The monoisotopic (exact) mass is 218 g/mol. The number of carbonyl (C=O) groups excluding carboxylic acids is 1. The molecule has 1 fully saturated rings. The molecule has 0 N–H and O–H groups in total. The molecular formula is C14H18O2. The second kappa shape index (κ2) is 4.28. The van der Waals surface area contributed by atoms with Gasteiger partial charge in [-0.05, 0) is 29.9 Å². The highest BCUT2D eigenvalue weighted by Crippen LogP contribution is 2.40. The van der Waals surface area contributed by atoms with E-state index < -0.39 is 0 Å². The van der Waals surface area contributed by atoms with Crippen molar-refractivity contribution in [2.24, 2.45) is 5.41 Å². The van der Waals surface area contributed by atoms with Gasteiger partial charge in [0.05, 0.1) is 7.11 Å². The van der Waals surface area contributed by atoms with Crippen molar-refractivity contribution in [1.82, 2.24) is 0 Å². The minimum atomic E-state index is 0.131. The molecule has 2 rings (SSSR count). The molecule has 2 nitrogen and oxygen atoms in total. The molecule has 0 aliphatic heterocycles. The van der Waals surface area contributed by atoms with Crippen LogP contribution in [0.25, 0.3) is 0 Å². The maximum atomic E-state index is 11.4. The summed E-state index contributed by atoms with van der Waals surface area (Å²) in [5.74, 6) is 1.33. The van der Waals surface area contributed by atoms with Gasteiger partial charge in [-0.15, -0.1) is 0 Å². The number of para-hydroxylation sites is 1. The number of Topliss-reactive ketones (excluding diaryl/α,β-unsaturated/α-hetero) is 1. The molecule has 1 aromatic rings. The van der Waals surface area contributed by atoms with Crippen molar-refractivity contribution in [1.29, 1.82) is 0 Å². The Kier molecular flexibility index (Phi) is 2.99. The van der Waals surface area contributed by atoms with E-state index in [9.17, 15) is 4.79 Å². The van der Waals surface area contributed by atoms with Crippen molar-refractivity contribution < 1.29 is 9.53 Å². The van der Waals surface area contributed by atoms with Crippen molar-refractivity contribution in [3.8, 4) is 5.75 Å². The van der Waals surface area contributed by atoms with Crippen molar-refractivity contribution in [2.75, 3.05) is 7.11 Å². The number of hydrogen-bond donors (Lipinski definition) is 0. The van der Waals surface area contributed by atoms with E-state index in [2.05, 4.69) is 13.0 Å². The van der Waals surface area contributed by atoms with Crippen LogP contribution in [-0.2, 0) is 11.2 Å². The second-order valence-electron chi connectivity index (χ2n) is 5.01. The Morgan fingerprint density at radius 2 is 2.12 bits per heavy atom. The van der Waals surface area contributed by atoms with Gasteiger partial charge < -0.3 is 4.74 Å². The van der Waals surface area contributed by atoms with Gasteiger partial charge in [-0.3, -0.25) is 4.79 Å². The predicted octanol–water partition coefficient (Wildman–Crippen LogP) is 3.00. The van der Waals surface area contributed by atoms with Crippen LogP contribution in [0.5, 0.6) is 5.75 Å². The fourth-order valence-electron chi connectivity index (χ4n) is 2.55. The van der Waals surface area contributed by atoms with E-state index in [1.165, 1.54) is 5.56 Å². The summed E-state index contributed by atoms with van der Waals surface area (Å²) in [6, 6.07) is 8.07. The van der Waals surface area contributed by atoms with Crippen LogP contribution in [0, 0.1) is 5.41 Å². The van der Waals surface area contributed by atoms with Crippen LogP contribution < -0.4 is 4.74 Å². The first-order valence-electron chi connectivity index (χ1n) is 5.77. The molecule has 0 aromatic heterocycles. The number of rotatable bonds is 3. The van der Waals surface area contributed by atoms with E-state index in [1.807, 2.05) is 18.2 Å². The smallest absolute Gasteiger partial charge is 0.133 e. The number of benzene rings is 1. The van der Waals surface area contributed by atoms with Gasteiger partial charge in [-0.2, -0.15) is 0 Å². The highest BCUT2D eigenvalue weighted by Gasteiger charge is 2.34. The first-order chi connectivity index (χ1) is 7.63. The second-order valence-corrected chi connectivity index (χ2v) is 5.01. The normalized spacial score (nSPS) is 24.8. The third kappa shape index (κ3) is 2.26. The lowest BCUT2D eigenvalue weighted by Crippen LogP contribution is -2.16. The summed E-state index contributed by atoms with van der Waals surface area (Å²) < 4.78 is 5.34. The fourth-order valence-corrected chi connectivity index (χ4v) is 2.55. The van der Waals surface area contributed by atoms with Crippen molar-refractivity contribution >= 4 is 5.78 Å². The van der Waals surface area contributed by atoms with Crippen LogP contribution >= 0.6 is 0 Å². The Hall–Kier alpha value is -1.31. The molecule has 0 heterocycles. The lowest BCUT2D eigenvalue weighted by atomic mass is 9.82. The Labute approximate surface area is 96.6 Å². The molecule has 0 spiro atoms. The minimum Gasteiger partial charge on any atom is -0.496 e. The van der Waals surface area contributed by atoms with E-state index in [-0.39, 0.29) is 5.41 Å². The molecule has 0 amide bonds. The molecule has 1 atom stereocenters. The van der Waals surface area contributed by atoms with E-state index in [0.29, 0.717) is 12.2 Å². The Bertz CT molecular complexity index is 397. The summed E-state index contributed by atoms with van der Waals surface area (Å²) in [5.41, 5.74) is 1.34. The lowest BCUT2D eigenvalue weighted by molar-refractivity contribution is -0.117. The molecule has 2 heteroatoms. The van der Waals surface area contributed by atoms with Crippen molar-refractivity contribution in [3.63, 3.8) is 0 Å². The van der Waals surface area contributed by atoms with Crippen LogP contribution in [0.3, 0.4) is 0 Å². The van der Waals surface area contributed by atoms with Crippen molar-refractivity contribution in [2.45, 2.75) is 32.6 Å². The zero-order valence-corrected chi connectivity index (χ0v) is 9.95. The quantitative estimate of drug-likeness (QED) is 0.779. The summed E-state index contributed by atoms with van der Waals surface area (Å²) >= 11 is 0. The maximum Gasteiger partial charge on any atom is 0.133 e. The molecule has 1 saturated carbocycles. The largest absolute Gasteiger partial charge is 0.496 e. The number of carbonyl (C=O) groups is 1. The molecular weight excluding hydrogens is 200 g/mol. The zero-order valence-electron chi connectivity index (χ0n) is 9.95. The van der Waals surface area contributed by atoms with E-state index in [0.717, 1.165) is 25.0 Å².